The zero-order chi connectivity index (χ0) is 22.3. The molecule has 0 unspecified atom stereocenters. The molecule has 3 aromatic rings. The minimum Gasteiger partial charge on any atom is -0.384 e. The molecule has 2 aromatic carbocycles. The molecular weight excluding hydrogens is 404 g/mol. The van der Waals surface area contributed by atoms with E-state index in [-0.39, 0.29) is 11.4 Å². The van der Waals surface area contributed by atoms with Crippen LogP contribution in [0.15, 0.2) is 60.7 Å². The van der Waals surface area contributed by atoms with Gasteiger partial charge in [0.05, 0.1) is 18.9 Å². The van der Waals surface area contributed by atoms with Gasteiger partial charge in [0.25, 0.3) is 5.91 Å². The Bertz CT molecular complexity index is 1140. The molecule has 7 heteroatoms. The fourth-order valence-electron chi connectivity index (χ4n) is 3.48. The molecule has 1 fully saturated rings. The van der Waals surface area contributed by atoms with Crippen molar-refractivity contribution >= 4 is 11.7 Å². The van der Waals surface area contributed by atoms with Crippen molar-refractivity contribution in [3.8, 4) is 23.1 Å². The van der Waals surface area contributed by atoms with Crippen molar-refractivity contribution in [3.63, 3.8) is 0 Å². The number of hydrogen-bond donors (Lipinski definition) is 3. The van der Waals surface area contributed by atoms with Gasteiger partial charge in [-0.25, -0.2) is 10.5 Å². The summed E-state index contributed by atoms with van der Waals surface area (Å²) < 4.78 is 5.39. The minimum atomic E-state index is -0.640. The summed E-state index contributed by atoms with van der Waals surface area (Å²) in [6.07, 6.45) is 0. The van der Waals surface area contributed by atoms with Crippen molar-refractivity contribution in [1.29, 1.82) is 0 Å². The van der Waals surface area contributed by atoms with Crippen molar-refractivity contribution in [1.82, 2.24) is 15.4 Å². The second-order valence-corrected chi connectivity index (χ2v) is 7.52. The molecule has 0 bridgehead atoms. The topological polar surface area (TPSA) is 101 Å². The van der Waals surface area contributed by atoms with Gasteiger partial charge < -0.3 is 10.5 Å². The molecule has 0 saturated carbocycles. The zero-order valence-corrected chi connectivity index (χ0v) is 17.5. The Balaban J connectivity index is 1.43. The Kier molecular flexibility index (Phi) is 6.78. The van der Waals surface area contributed by atoms with Crippen LogP contribution in [0.4, 0.5) is 5.82 Å². The molecule has 1 aliphatic rings. The lowest BCUT2D eigenvalue weighted by Gasteiger charge is -2.26. The van der Waals surface area contributed by atoms with Gasteiger partial charge in [-0.3, -0.25) is 14.9 Å². The Labute approximate surface area is 186 Å². The third kappa shape index (κ3) is 5.50. The number of amides is 1. The maximum absolute atomic E-state index is 11.7. The van der Waals surface area contributed by atoms with E-state index in [1.807, 2.05) is 36.4 Å². The highest BCUT2D eigenvalue weighted by Crippen LogP contribution is 2.21. The monoisotopic (exact) mass is 428 g/mol. The van der Waals surface area contributed by atoms with Crippen LogP contribution in [0.1, 0.15) is 27.0 Å². The first-order valence-corrected chi connectivity index (χ1v) is 10.3. The second kappa shape index (κ2) is 10.1. The number of aromatic nitrogens is 1. The second-order valence-electron chi connectivity index (χ2n) is 7.52. The molecule has 7 nitrogen and oxygen atoms in total. The number of benzene rings is 2. The van der Waals surface area contributed by atoms with Gasteiger partial charge >= 0.3 is 0 Å². The lowest BCUT2D eigenvalue weighted by atomic mass is 10.1. The summed E-state index contributed by atoms with van der Waals surface area (Å²) in [5.41, 5.74) is 12.1. The first kappa shape index (κ1) is 21.5. The summed E-state index contributed by atoms with van der Waals surface area (Å²) in [5, 5.41) is 8.84. The Morgan fingerprint density at radius 2 is 1.66 bits per heavy atom. The van der Waals surface area contributed by atoms with Crippen molar-refractivity contribution in [3.05, 3.63) is 82.9 Å². The molecule has 1 aromatic heterocycles. The van der Waals surface area contributed by atoms with E-state index in [9.17, 15) is 4.79 Å². The van der Waals surface area contributed by atoms with Crippen molar-refractivity contribution in [2.75, 3.05) is 32.0 Å². The largest absolute Gasteiger partial charge is 0.384 e. The van der Waals surface area contributed by atoms with Crippen molar-refractivity contribution in [2.45, 2.75) is 6.54 Å². The van der Waals surface area contributed by atoms with Gasteiger partial charge in [0.1, 0.15) is 5.82 Å². The highest BCUT2D eigenvalue weighted by atomic mass is 16.5. The number of pyridine rings is 1. The molecule has 4 rings (SSSR count). The van der Waals surface area contributed by atoms with Crippen LogP contribution in [0, 0.1) is 11.8 Å². The van der Waals surface area contributed by atoms with E-state index in [2.05, 4.69) is 33.9 Å². The standard InChI is InChI=1S/C25H24N4O3/c26-24-16-22(25(30)28-31)15-23(27-24)21-9-7-19(8-10-21)2-1-18-3-5-20(6-4-18)17-29-11-13-32-14-12-29/h3-10,15-16,31H,11-14,17H2,(H2,26,27)(H,28,30). The number of hydrogen-bond acceptors (Lipinski definition) is 6. The normalized spacial score (nSPS) is 13.8. The molecule has 32 heavy (non-hydrogen) atoms. The highest BCUT2D eigenvalue weighted by molar-refractivity contribution is 5.95. The van der Waals surface area contributed by atoms with E-state index < -0.39 is 5.91 Å². The molecule has 1 amide bonds. The molecule has 162 valence electrons. The summed E-state index contributed by atoms with van der Waals surface area (Å²) >= 11 is 0. The summed E-state index contributed by atoms with van der Waals surface area (Å²) in [6, 6.07) is 18.8. The van der Waals surface area contributed by atoms with Gasteiger partial charge in [0.15, 0.2) is 0 Å². The van der Waals surface area contributed by atoms with Gasteiger partial charge in [-0.1, -0.05) is 36.1 Å². The van der Waals surface area contributed by atoms with Gasteiger partial charge in [0, 0.05) is 41.9 Å². The summed E-state index contributed by atoms with van der Waals surface area (Å²) in [4.78, 5) is 18.3. The van der Waals surface area contributed by atoms with Crippen LogP contribution in [-0.4, -0.2) is 47.3 Å². The maximum Gasteiger partial charge on any atom is 0.274 e. The van der Waals surface area contributed by atoms with Gasteiger partial charge in [-0.15, -0.1) is 0 Å². The number of anilines is 1. The van der Waals surface area contributed by atoms with E-state index in [0.717, 1.165) is 49.5 Å². The average Bonchev–Trinajstić information content (AvgIpc) is 2.83. The van der Waals surface area contributed by atoms with Crippen LogP contribution >= 0.6 is 0 Å². The molecular formula is C25H24N4O3. The lowest BCUT2D eigenvalue weighted by molar-refractivity contribution is 0.0342. The number of nitrogens with two attached hydrogens (primary N) is 1. The number of morpholine rings is 1. The number of rotatable bonds is 4. The number of nitrogen functional groups attached to an aromatic ring is 1. The van der Waals surface area contributed by atoms with E-state index in [1.54, 1.807) is 11.5 Å². The minimum absolute atomic E-state index is 0.196. The van der Waals surface area contributed by atoms with E-state index in [4.69, 9.17) is 15.7 Å². The van der Waals surface area contributed by atoms with Crippen LogP contribution in [-0.2, 0) is 11.3 Å². The highest BCUT2D eigenvalue weighted by Gasteiger charge is 2.11. The van der Waals surface area contributed by atoms with E-state index in [0.29, 0.717) is 5.69 Å². The third-order valence-corrected chi connectivity index (χ3v) is 5.20. The maximum atomic E-state index is 11.7. The molecule has 4 N–H and O–H groups in total. The smallest absolute Gasteiger partial charge is 0.274 e. The summed E-state index contributed by atoms with van der Waals surface area (Å²) in [6.45, 7) is 4.47. The molecule has 2 heterocycles. The number of carbonyl (C=O) groups is 1. The van der Waals surface area contributed by atoms with E-state index in [1.165, 1.54) is 11.6 Å². The predicted molar refractivity (Wildman–Crippen MR) is 122 cm³/mol. The van der Waals surface area contributed by atoms with Gasteiger partial charge in [-0.05, 0) is 42.0 Å². The molecule has 0 aliphatic carbocycles. The average molecular weight is 428 g/mol. The third-order valence-electron chi connectivity index (χ3n) is 5.20. The fraction of sp³-hybridized carbons (Fsp3) is 0.200. The van der Waals surface area contributed by atoms with Crippen LogP contribution in [0.5, 0.6) is 0 Å². The summed E-state index contributed by atoms with van der Waals surface area (Å²) in [5.74, 6) is 5.92. The first-order valence-electron chi connectivity index (χ1n) is 10.3. The Hall–Kier alpha value is -3.70. The SMILES string of the molecule is Nc1cc(C(=O)NO)cc(-c2ccc(C#Cc3ccc(CN4CCOCC4)cc3)cc2)n1. The zero-order valence-electron chi connectivity index (χ0n) is 17.5. The van der Waals surface area contributed by atoms with Crippen LogP contribution in [0.3, 0.4) is 0 Å². The van der Waals surface area contributed by atoms with Crippen LogP contribution in [0.2, 0.25) is 0 Å². The van der Waals surface area contributed by atoms with Crippen LogP contribution in [0.25, 0.3) is 11.3 Å². The summed E-state index contributed by atoms with van der Waals surface area (Å²) in [7, 11) is 0. The van der Waals surface area contributed by atoms with Gasteiger partial charge in [0.2, 0.25) is 0 Å². The molecule has 0 atom stereocenters. The number of nitrogens with zero attached hydrogens (tertiary/aromatic N) is 2. The lowest BCUT2D eigenvalue weighted by Crippen LogP contribution is -2.35. The molecule has 0 radical (unpaired) electrons. The molecule has 1 aliphatic heterocycles. The van der Waals surface area contributed by atoms with Gasteiger partial charge in [-0.2, -0.15) is 0 Å². The van der Waals surface area contributed by atoms with Crippen molar-refractivity contribution in [2.24, 2.45) is 0 Å². The number of hydroxylamine groups is 1. The first-order chi connectivity index (χ1) is 15.6. The quantitative estimate of drug-likeness (QED) is 0.336. The number of nitrogens with one attached hydrogen (secondary N) is 1. The number of ether oxygens (including phenoxy) is 1. The Morgan fingerprint density at radius 1 is 1.03 bits per heavy atom. The molecule has 0 spiro atoms. The molecule has 1 saturated heterocycles. The number of carbonyl (C=O) groups excluding carboxylic acids is 1. The Morgan fingerprint density at radius 3 is 2.28 bits per heavy atom. The van der Waals surface area contributed by atoms with Crippen LogP contribution < -0.4 is 11.2 Å². The fourth-order valence-corrected chi connectivity index (χ4v) is 3.48. The predicted octanol–water partition coefficient (Wildman–Crippen LogP) is 2.68. The van der Waals surface area contributed by atoms with E-state index >= 15 is 0 Å². The van der Waals surface area contributed by atoms with Crippen molar-refractivity contribution < 1.29 is 14.7 Å².